The Kier molecular flexibility index (Phi) is 5.98. The molecule has 6 nitrogen and oxygen atoms in total. The van der Waals surface area contributed by atoms with Gasteiger partial charge in [0, 0.05) is 25.8 Å². The molecule has 1 amide bonds. The highest BCUT2D eigenvalue weighted by Gasteiger charge is 2.34. The number of piperidine rings is 1. The number of carbonyl (C=O) groups is 1. The lowest BCUT2D eigenvalue weighted by Crippen LogP contribution is -2.45. The molecule has 1 saturated heterocycles. The number of hydrogen-bond acceptors (Lipinski definition) is 4. The molecule has 1 atom stereocenters. The fraction of sp³-hybridized carbons (Fsp3) is 0.292. The monoisotopic (exact) mass is 438 g/mol. The van der Waals surface area contributed by atoms with Gasteiger partial charge in [0.1, 0.15) is 5.75 Å². The van der Waals surface area contributed by atoms with Crippen LogP contribution in [-0.4, -0.2) is 45.9 Å². The van der Waals surface area contributed by atoms with E-state index >= 15 is 0 Å². The molecule has 3 aromatic carbocycles. The Balaban J connectivity index is 1.52. The van der Waals surface area contributed by atoms with Crippen LogP contribution in [0.25, 0.3) is 10.8 Å². The maximum absolute atomic E-state index is 13.2. The van der Waals surface area contributed by atoms with Crippen molar-refractivity contribution >= 4 is 32.4 Å². The van der Waals surface area contributed by atoms with E-state index < -0.39 is 10.0 Å². The summed E-state index contributed by atoms with van der Waals surface area (Å²) in [6.07, 6.45) is 1.32. The third-order valence-electron chi connectivity index (χ3n) is 5.88. The fourth-order valence-electron chi connectivity index (χ4n) is 4.05. The van der Waals surface area contributed by atoms with Crippen LogP contribution in [0.5, 0.6) is 5.75 Å². The molecule has 0 radical (unpaired) electrons. The van der Waals surface area contributed by atoms with Crippen molar-refractivity contribution in [1.82, 2.24) is 4.31 Å². The van der Waals surface area contributed by atoms with Crippen molar-refractivity contribution in [1.29, 1.82) is 0 Å². The van der Waals surface area contributed by atoms with Crippen molar-refractivity contribution in [3.8, 4) is 5.75 Å². The summed E-state index contributed by atoms with van der Waals surface area (Å²) in [6.45, 7) is 0.600. The number of benzene rings is 3. The van der Waals surface area contributed by atoms with Crippen molar-refractivity contribution in [3.05, 3.63) is 66.7 Å². The standard InChI is InChI=1S/C24H26N2O4S/c1-25(21-10-9-18-6-3-4-7-19(18)16-21)24(27)20-8-5-15-26(17-20)31(28,29)23-13-11-22(30-2)12-14-23/h3-4,6-7,9-14,16,20H,5,8,15,17H2,1-2H3. The Hall–Kier alpha value is -2.90. The van der Waals surface area contributed by atoms with Crippen LogP contribution >= 0.6 is 0 Å². The van der Waals surface area contributed by atoms with Crippen LogP contribution in [0.2, 0.25) is 0 Å². The Morgan fingerprint density at radius 1 is 1.03 bits per heavy atom. The summed E-state index contributed by atoms with van der Waals surface area (Å²) in [5.41, 5.74) is 0.804. The first-order chi connectivity index (χ1) is 14.9. The van der Waals surface area contributed by atoms with Gasteiger partial charge in [-0.25, -0.2) is 8.42 Å². The van der Waals surface area contributed by atoms with Crippen LogP contribution in [0.3, 0.4) is 0 Å². The number of nitrogens with zero attached hydrogens (tertiary/aromatic N) is 2. The topological polar surface area (TPSA) is 66.9 Å². The minimum atomic E-state index is -3.67. The first kappa shape index (κ1) is 21.3. The maximum atomic E-state index is 13.2. The van der Waals surface area contributed by atoms with E-state index in [2.05, 4.69) is 0 Å². The molecule has 162 valence electrons. The maximum Gasteiger partial charge on any atom is 0.243 e. The van der Waals surface area contributed by atoms with Gasteiger partial charge in [-0.3, -0.25) is 4.79 Å². The predicted molar refractivity (Wildman–Crippen MR) is 122 cm³/mol. The quantitative estimate of drug-likeness (QED) is 0.606. The fourth-order valence-corrected chi connectivity index (χ4v) is 5.57. The van der Waals surface area contributed by atoms with E-state index in [1.165, 1.54) is 11.4 Å². The van der Waals surface area contributed by atoms with Gasteiger partial charge in [-0.2, -0.15) is 4.31 Å². The van der Waals surface area contributed by atoms with E-state index in [4.69, 9.17) is 4.74 Å². The molecular formula is C24H26N2O4S. The highest BCUT2D eigenvalue weighted by Crippen LogP contribution is 2.28. The van der Waals surface area contributed by atoms with Gasteiger partial charge in [0.05, 0.1) is 17.9 Å². The number of sulfonamides is 1. The van der Waals surface area contributed by atoms with Crippen molar-refractivity contribution in [2.24, 2.45) is 5.92 Å². The lowest BCUT2D eigenvalue weighted by Gasteiger charge is -2.33. The third-order valence-corrected chi connectivity index (χ3v) is 7.76. The zero-order chi connectivity index (χ0) is 22.0. The lowest BCUT2D eigenvalue weighted by atomic mass is 9.98. The van der Waals surface area contributed by atoms with Crippen LogP contribution < -0.4 is 9.64 Å². The number of carbonyl (C=O) groups excluding carboxylic acids is 1. The minimum absolute atomic E-state index is 0.0649. The van der Waals surface area contributed by atoms with Crippen LogP contribution in [0, 0.1) is 5.92 Å². The molecule has 0 aromatic heterocycles. The van der Waals surface area contributed by atoms with Crippen LogP contribution in [0.1, 0.15) is 12.8 Å². The molecule has 7 heteroatoms. The van der Waals surface area contributed by atoms with E-state index in [1.807, 2.05) is 42.5 Å². The Morgan fingerprint density at radius 2 is 1.74 bits per heavy atom. The zero-order valence-electron chi connectivity index (χ0n) is 17.7. The first-order valence-corrected chi connectivity index (χ1v) is 11.7. The lowest BCUT2D eigenvalue weighted by molar-refractivity contribution is -0.123. The number of amides is 1. The van der Waals surface area contributed by atoms with Gasteiger partial charge in [-0.15, -0.1) is 0 Å². The molecule has 0 aliphatic carbocycles. The molecule has 0 bridgehead atoms. The number of rotatable bonds is 5. The summed E-state index contributed by atoms with van der Waals surface area (Å²) in [4.78, 5) is 15.1. The molecule has 31 heavy (non-hydrogen) atoms. The highest BCUT2D eigenvalue weighted by molar-refractivity contribution is 7.89. The average molecular weight is 439 g/mol. The van der Waals surface area contributed by atoms with Crippen molar-refractivity contribution in [2.45, 2.75) is 17.7 Å². The van der Waals surface area contributed by atoms with Crippen molar-refractivity contribution in [3.63, 3.8) is 0 Å². The molecule has 0 saturated carbocycles. The second kappa shape index (κ2) is 8.69. The molecule has 1 aliphatic heterocycles. The van der Waals surface area contributed by atoms with E-state index in [0.29, 0.717) is 25.1 Å². The number of fused-ring (bicyclic) bond motifs is 1. The summed E-state index contributed by atoms with van der Waals surface area (Å²) in [5, 5.41) is 2.17. The molecule has 3 aromatic rings. The van der Waals surface area contributed by atoms with Crippen LogP contribution in [0.15, 0.2) is 71.6 Å². The summed E-state index contributed by atoms with van der Waals surface area (Å²) >= 11 is 0. The normalized spacial score (nSPS) is 17.4. The number of ether oxygens (including phenoxy) is 1. The molecule has 1 fully saturated rings. The molecule has 1 unspecified atom stereocenters. The van der Waals surface area contributed by atoms with Gasteiger partial charge >= 0.3 is 0 Å². The van der Waals surface area contributed by atoms with Gasteiger partial charge in [-0.05, 0) is 60.0 Å². The SMILES string of the molecule is COc1ccc(S(=O)(=O)N2CCCC(C(=O)N(C)c3ccc4ccccc4c3)C2)cc1. The summed E-state index contributed by atoms with van der Waals surface area (Å²) < 4.78 is 32.7. The van der Waals surface area contributed by atoms with Crippen molar-refractivity contribution in [2.75, 3.05) is 32.1 Å². The number of anilines is 1. The summed E-state index contributed by atoms with van der Waals surface area (Å²) in [5.74, 6) is 0.158. The highest BCUT2D eigenvalue weighted by atomic mass is 32.2. The minimum Gasteiger partial charge on any atom is -0.497 e. The van der Waals surface area contributed by atoms with E-state index in [-0.39, 0.29) is 23.3 Å². The van der Waals surface area contributed by atoms with Gasteiger partial charge in [0.2, 0.25) is 15.9 Å². The average Bonchev–Trinajstić information content (AvgIpc) is 2.83. The second-order valence-corrected chi connectivity index (χ2v) is 9.74. The van der Waals surface area contributed by atoms with E-state index in [0.717, 1.165) is 16.5 Å². The van der Waals surface area contributed by atoms with Gasteiger partial charge in [0.15, 0.2) is 0 Å². The van der Waals surface area contributed by atoms with Gasteiger partial charge < -0.3 is 9.64 Å². The van der Waals surface area contributed by atoms with Crippen LogP contribution in [-0.2, 0) is 14.8 Å². The molecule has 0 spiro atoms. The Morgan fingerprint density at radius 3 is 2.45 bits per heavy atom. The predicted octanol–water partition coefficient (Wildman–Crippen LogP) is 3.91. The number of methoxy groups -OCH3 is 1. The third kappa shape index (κ3) is 4.29. The summed E-state index contributed by atoms with van der Waals surface area (Å²) in [7, 11) is -0.374. The van der Waals surface area contributed by atoms with Crippen molar-refractivity contribution < 1.29 is 17.9 Å². The molecule has 1 heterocycles. The second-order valence-electron chi connectivity index (χ2n) is 7.81. The smallest absolute Gasteiger partial charge is 0.243 e. The summed E-state index contributed by atoms with van der Waals surface area (Å²) in [6, 6.07) is 20.3. The van der Waals surface area contributed by atoms with Crippen LogP contribution in [0.4, 0.5) is 5.69 Å². The Labute approximate surface area is 183 Å². The first-order valence-electron chi connectivity index (χ1n) is 10.3. The Bertz CT molecular complexity index is 1190. The molecular weight excluding hydrogens is 412 g/mol. The largest absolute Gasteiger partial charge is 0.497 e. The molecule has 4 rings (SSSR count). The van der Waals surface area contributed by atoms with E-state index in [9.17, 15) is 13.2 Å². The van der Waals surface area contributed by atoms with Gasteiger partial charge in [-0.1, -0.05) is 30.3 Å². The molecule has 0 N–H and O–H groups in total. The van der Waals surface area contributed by atoms with E-state index in [1.54, 1.807) is 36.2 Å². The zero-order valence-corrected chi connectivity index (χ0v) is 18.5. The number of hydrogen-bond donors (Lipinski definition) is 0. The molecule has 1 aliphatic rings. The van der Waals surface area contributed by atoms with Gasteiger partial charge in [0.25, 0.3) is 0 Å².